The molecule has 1 saturated carbocycles. The summed E-state index contributed by atoms with van der Waals surface area (Å²) >= 11 is 0. The summed E-state index contributed by atoms with van der Waals surface area (Å²) in [7, 11) is 2.26. The van der Waals surface area contributed by atoms with E-state index >= 15 is 0 Å². The minimum Gasteiger partial charge on any atom is -0.374 e. The van der Waals surface area contributed by atoms with Gasteiger partial charge in [0.05, 0.1) is 0 Å². The third-order valence-electron chi connectivity index (χ3n) is 5.18. The second kappa shape index (κ2) is 7.31. The Morgan fingerprint density at radius 2 is 1.90 bits per heavy atom. The van der Waals surface area contributed by atoms with Crippen molar-refractivity contribution in [1.82, 2.24) is 5.32 Å². The highest BCUT2D eigenvalue weighted by Crippen LogP contribution is 2.39. The van der Waals surface area contributed by atoms with Gasteiger partial charge in [-0.2, -0.15) is 0 Å². The SMILES string of the molecule is CCNCC1(CN(C)c2ccccc2C)CCC(C)CC1. The van der Waals surface area contributed by atoms with E-state index in [0.29, 0.717) is 5.41 Å². The standard InChI is InChI=1S/C19H32N2/c1-5-20-14-19(12-10-16(2)11-13-19)15-21(4)18-9-7-6-8-17(18)3/h6-9,16,20H,5,10-15H2,1-4H3. The van der Waals surface area contributed by atoms with Gasteiger partial charge in [0, 0.05) is 31.2 Å². The van der Waals surface area contributed by atoms with E-state index in [1.165, 1.54) is 36.9 Å². The summed E-state index contributed by atoms with van der Waals surface area (Å²) in [6, 6.07) is 8.75. The Kier molecular flexibility index (Phi) is 5.69. The second-order valence-corrected chi connectivity index (χ2v) is 7.11. The lowest BCUT2D eigenvalue weighted by molar-refractivity contribution is 0.158. The molecule has 1 fully saturated rings. The molecule has 21 heavy (non-hydrogen) atoms. The molecule has 2 nitrogen and oxygen atoms in total. The summed E-state index contributed by atoms with van der Waals surface area (Å²) in [5.74, 6) is 0.906. The molecular formula is C19H32N2. The Morgan fingerprint density at radius 3 is 2.52 bits per heavy atom. The largest absolute Gasteiger partial charge is 0.374 e. The number of nitrogens with one attached hydrogen (secondary N) is 1. The molecule has 2 heteroatoms. The van der Waals surface area contributed by atoms with Gasteiger partial charge in [0.1, 0.15) is 0 Å². The fourth-order valence-electron chi connectivity index (χ4n) is 3.74. The third kappa shape index (κ3) is 4.23. The van der Waals surface area contributed by atoms with E-state index in [2.05, 4.69) is 62.3 Å². The molecular weight excluding hydrogens is 256 g/mol. The van der Waals surface area contributed by atoms with Crippen LogP contribution in [0.25, 0.3) is 0 Å². The van der Waals surface area contributed by atoms with Gasteiger partial charge in [0.15, 0.2) is 0 Å². The zero-order chi connectivity index (χ0) is 15.3. The Labute approximate surface area is 130 Å². The molecule has 0 saturated heterocycles. The molecule has 0 heterocycles. The predicted molar refractivity (Wildman–Crippen MR) is 93.1 cm³/mol. The lowest BCUT2D eigenvalue weighted by Crippen LogP contribution is -2.45. The van der Waals surface area contributed by atoms with E-state index in [1.807, 2.05) is 0 Å². The first kappa shape index (κ1) is 16.4. The highest BCUT2D eigenvalue weighted by atomic mass is 15.1. The van der Waals surface area contributed by atoms with E-state index in [0.717, 1.165) is 25.6 Å². The van der Waals surface area contributed by atoms with Gasteiger partial charge < -0.3 is 10.2 Å². The van der Waals surface area contributed by atoms with Crippen molar-refractivity contribution in [2.45, 2.75) is 46.5 Å². The molecule has 0 bridgehead atoms. The highest BCUT2D eigenvalue weighted by Gasteiger charge is 2.35. The molecule has 0 radical (unpaired) electrons. The van der Waals surface area contributed by atoms with Crippen LogP contribution in [0, 0.1) is 18.3 Å². The highest BCUT2D eigenvalue weighted by molar-refractivity contribution is 5.52. The van der Waals surface area contributed by atoms with Gasteiger partial charge in [-0.25, -0.2) is 0 Å². The number of benzene rings is 1. The van der Waals surface area contributed by atoms with Crippen molar-refractivity contribution in [3.05, 3.63) is 29.8 Å². The van der Waals surface area contributed by atoms with Gasteiger partial charge in [-0.15, -0.1) is 0 Å². The summed E-state index contributed by atoms with van der Waals surface area (Å²) in [6.07, 6.45) is 5.48. The maximum Gasteiger partial charge on any atom is 0.0393 e. The lowest BCUT2D eigenvalue weighted by Gasteiger charge is -2.43. The molecule has 0 unspecified atom stereocenters. The van der Waals surface area contributed by atoms with E-state index in [9.17, 15) is 0 Å². The van der Waals surface area contributed by atoms with Crippen LogP contribution in [-0.4, -0.2) is 26.7 Å². The quantitative estimate of drug-likeness (QED) is 0.842. The Balaban J connectivity index is 2.09. The maximum atomic E-state index is 3.62. The first-order valence-electron chi connectivity index (χ1n) is 8.54. The van der Waals surface area contributed by atoms with Gasteiger partial charge in [0.2, 0.25) is 0 Å². The van der Waals surface area contributed by atoms with Crippen molar-refractivity contribution in [3.63, 3.8) is 0 Å². The summed E-state index contributed by atoms with van der Waals surface area (Å²) in [5.41, 5.74) is 3.20. The minimum absolute atomic E-state index is 0.444. The van der Waals surface area contributed by atoms with Crippen LogP contribution >= 0.6 is 0 Å². The number of hydrogen-bond donors (Lipinski definition) is 1. The molecule has 1 aliphatic carbocycles. The molecule has 0 aromatic heterocycles. The van der Waals surface area contributed by atoms with Crippen molar-refractivity contribution in [1.29, 1.82) is 0 Å². The smallest absolute Gasteiger partial charge is 0.0393 e. The molecule has 1 aromatic rings. The number of aryl methyl sites for hydroxylation is 1. The number of para-hydroxylation sites is 1. The van der Waals surface area contributed by atoms with Crippen molar-refractivity contribution in [2.24, 2.45) is 11.3 Å². The Hall–Kier alpha value is -1.02. The topological polar surface area (TPSA) is 15.3 Å². The van der Waals surface area contributed by atoms with E-state index in [4.69, 9.17) is 0 Å². The first-order valence-corrected chi connectivity index (χ1v) is 8.54. The zero-order valence-electron chi connectivity index (χ0n) is 14.3. The van der Waals surface area contributed by atoms with Gasteiger partial charge in [-0.1, -0.05) is 44.9 Å². The molecule has 1 N–H and O–H groups in total. The van der Waals surface area contributed by atoms with Crippen LogP contribution in [0.5, 0.6) is 0 Å². The number of nitrogens with zero attached hydrogens (tertiary/aromatic N) is 1. The number of anilines is 1. The minimum atomic E-state index is 0.444. The van der Waals surface area contributed by atoms with Crippen LogP contribution < -0.4 is 10.2 Å². The fourth-order valence-corrected chi connectivity index (χ4v) is 3.74. The molecule has 0 atom stereocenters. The molecule has 1 aliphatic rings. The number of hydrogen-bond acceptors (Lipinski definition) is 2. The van der Waals surface area contributed by atoms with Crippen LogP contribution in [-0.2, 0) is 0 Å². The average molecular weight is 288 g/mol. The summed E-state index contributed by atoms with van der Waals surface area (Å²) in [4.78, 5) is 2.47. The molecule has 0 spiro atoms. The van der Waals surface area contributed by atoms with Crippen LogP contribution in [0.3, 0.4) is 0 Å². The Morgan fingerprint density at radius 1 is 1.24 bits per heavy atom. The van der Waals surface area contributed by atoms with Gasteiger partial charge in [0.25, 0.3) is 0 Å². The van der Waals surface area contributed by atoms with Crippen LogP contribution in [0.1, 0.15) is 45.1 Å². The zero-order valence-corrected chi connectivity index (χ0v) is 14.3. The van der Waals surface area contributed by atoms with Crippen molar-refractivity contribution in [2.75, 3.05) is 31.6 Å². The average Bonchev–Trinajstić information content (AvgIpc) is 2.48. The summed E-state index contributed by atoms with van der Waals surface area (Å²) < 4.78 is 0. The van der Waals surface area contributed by atoms with Crippen molar-refractivity contribution < 1.29 is 0 Å². The summed E-state index contributed by atoms with van der Waals surface area (Å²) in [5, 5.41) is 3.62. The van der Waals surface area contributed by atoms with Crippen LogP contribution in [0.4, 0.5) is 5.69 Å². The molecule has 0 amide bonds. The lowest BCUT2D eigenvalue weighted by atomic mass is 9.70. The fraction of sp³-hybridized carbons (Fsp3) is 0.684. The van der Waals surface area contributed by atoms with Crippen LogP contribution in [0.15, 0.2) is 24.3 Å². The van der Waals surface area contributed by atoms with Gasteiger partial charge >= 0.3 is 0 Å². The second-order valence-electron chi connectivity index (χ2n) is 7.11. The third-order valence-corrected chi connectivity index (χ3v) is 5.18. The first-order chi connectivity index (χ1) is 10.1. The molecule has 0 aliphatic heterocycles. The van der Waals surface area contributed by atoms with E-state index in [1.54, 1.807) is 0 Å². The predicted octanol–water partition coefficient (Wildman–Crippen LogP) is 4.24. The molecule has 1 aromatic carbocycles. The molecule has 2 rings (SSSR count). The van der Waals surface area contributed by atoms with E-state index in [-0.39, 0.29) is 0 Å². The monoisotopic (exact) mass is 288 g/mol. The van der Waals surface area contributed by atoms with E-state index < -0.39 is 0 Å². The number of rotatable bonds is 6. The Bertz CT molecular complexity index is 427. The van der Waals surface area contributed by atoms with Crippen molar-refractivity contribution in [3.8, 4) is 0 Å². The maximum absolute atomic E-state index is 3.62. The van der Waals surface area contributed by atoms with Crippen molar-refractivity contribution >= 4 is 5.69 Å². The van der Waals surface area contributed by atoms with Gasteiger partial charge in [-0.3, -0.25) is 0 Å². The van der Waals surface area contributed by atoms with Gasteiger partial charge in [-0.05, 0) is 43.9 Å². The normalized spacial score (nSPS) is 25.8. The summed E-state index contributed by atoms with van der Waals surface area (Å²) in [6.45, 7) is 10.2. The van der Waals surface area contributed by atoms with Crippen LogP contribution in [0.2, 0.25) is 0 Å². The molecule has 118 valence electrons.